The zero-order chi connectivity index (χ0) is 12.3. The SMILES string of the molecule is C[Si](C)(C)c1cscc1C#Cc1ccccc1. The molecule has 0 fully saturated rings. The van der Waals surface area contributed by atoms with Gasteiger partial charge in [-0.1, -0.05) is 49.7 Å². The molecule has 2 aromatic rings. The summed E-state index contributed by atoms with van der Waals surface area (Å²) < 4.78 is 0. The summed E-state index contributed by atoms with van der Waals surface area (Å²) in [7, 11) is -1.26. The minimum absolute atomic E-state index is 1.08. The highest BCUT2D eigenvalue weighted by atomic mass is 32.1. The molecular weight excluding hydrogens is 240 g/mol. The largest absolute Gasteiger partial charge is 0.151 e. The maximum Gasteiger partial charge on any atom is 0.0803 e. The first-order valence-electron chi connectivity index (χ1n) is 5.71. The Bertz CT molecular complexity index is 550. The van der Waals surface area contributed by atoms with Crippen LogP contribution in [0.1, 0.15) is 11.1 Å². The van der Waals surface area contributed by atoms with Gasteiger partial charge in [0, 0.05) is 16.5 Å². The predicted octanol–water partition coefficient (Wildman–Crippen LogP) is 3.69. The van der Waals surface area contributed by atoms with Crippen molar-refractivity contribution in [3.8, 4) is 11.8 Å². The molecule has 0 aliphatic carbocycles. The van der Waals surface area contributed by atoms with Crippen molar-refractivity contribution in [2.75, 3.05) is 0 Å². The van der Waals surface area contributed by atoms with Crippen molar-refractivity contribution >= 4 is 24.6 Å². The zero-order valence-corrected chi connectivity index (χ0v) is 12.3. The van der Waals surface area contributed by atoms with E-state index >= 15 is 0 Å². The van der Waals surface area contributed by atoms with Gasteiger partial charge >= 0.3 is 0 Å². The van der Waals surface area contributed by atoms with Crippen molar-refractivity contribution in [3.05, 3.63) is 52.2 Å². The third-order valence-corrected chi connectivity index (χ3v) is 5.57. The molecule has 0 saturated heterocycles. The van der Waals surface area contributed by atoms with Crippen molar-refractivity contribution in [2.24, 2.45) is 0 Å². The Hall–Kier alpha value is -1.30. The topological polar surface area (TPSA) is 0 Å². The molecule has 2 heteroatoms. The molecule has 0 nitrogen and oxygen atoms in total. The van der Waals surface area contributed by atoms with E-state index in [4.69, 9.17) is 0 Å². The lowest BCUT2D eigenvalue weighted by molar-refractivity contribution is 1.65. The molecular formula is C15H16SSi. The van der Waals surface area contributed by atoms with Crippen LogP contribution in [0.3, 0.4) is 0 Å². The second kappa shape index (κ2) is 4.91. The molecule has 0 amide bonds. The summed E-state index contributed by atoms with van der Waals surface area (Å²) in [6, 6.07) is 10.2. The normalized spacial score (nSPS) is 10.8. The van der Waals surface area contributed by atoms with Gasteiger partial charge in [-0.3, -0.25) is 0 Å². The molecule has 0 bridgehead atoms. The van der Waals surface area contributed by atoms with E-state index in [1.807, 2.05) is 30.3 Å². The fourth-order valence-electron chi connectivity index (χ4n) is 1.64. The van der Waals surface area contributed by atoms with Crippen LogP contribution < -0.4 is 5.19 Å². The summed E-state index contributed by atoms with van der Waals surface area (Å²) in [6.45, 7) is 7.09. The standard InChI is InChI=1S/C15H16SSi/c1-17(2,3)15-12-16-11-14(15)10-9-13-7-5-4-6-8-13/h4-8,11-12H,1-3H3. The average molecular weight is 256 g/mol. The average Bonchev–Trinajstić information content (AvgIpc) is 2.75. The third-order valence-electron chi connectivity index (χ3n) is 2.59. The minimum Gasteiger partial charge on any atom is -0.151 e. The van der Waals surface area contributed by atoms with Gasteiger partial charge in [-0.2, -0.15) is 11.3 Å². The lowest BCUT2D eigenvalue weighted by Crippen LogP contribution is -2.38. The molecule has 0 radical (unpaired) electrons. The van der Waals surface area contributed by atoms with Crippen molar-refractivity contribution in [1.82, 2.24) is 0 Å². The van der Waals surface area contributed by atoms with E-state index in [1.165, 1.54) is 10.8 Å². The summed E-state index contributed by atoms with van der Waals surface area (Å²) in [5.41, 5.74) is 2.30. The van der Waals surface area contributed by atoms with Gasteiger partial charge in [0.25, 0.3) is 0 Å². The van der Waals surface area contributed by atoms with E-state index in [0.717, 1.165) is 5.56 Å². The predicted molar refractivity (Wildman–Crippen MR) is 79.7 cm³/mol. The molecule has 17 heavy (non-hydrogen) atoms. The second-order valence-corrected chi connectivity index (χ2v) is 10.8. The highest BCUT2D eigenvalue weighted by Gasteiger charge is 2.19. The van der Waals surface area contributed by atoms with E-state index in [1.54, 1.807) is 11.3 Å². The monoisotopic (exact) mass is 256 g/mol. The van der Waals surface area contributed by atoms with Gasteiger partial charge in [0.2, 0.25) is 0 Å². The van der Waals surface area contributed by atoms with Crippen LogP contribution in [-0.2, 0) is 0 Å². The maximum atomic E-state index is 3.31. The van der Waals surface area contributed by atoms with Crippen molar-refractivity contribution in [3.63, 3.8) is 0 Å². The summed E-state index contributed by atoms with van der Waals surface area (Å²) in [4.78, 5) is 0. The second-order valence-electron chi connectivity index (χ2n) is 5.07. The van der Waals surface area contributed by atoms with Gasteiger partial charge in [-0.15, -0.1) is 0 Å². The number of rotatable bonds is 1. The number of thiophene rings is 1. The van der Waals surface area contributed by atoms with Crippen LogP contribution in [0.15, 0.2) is 41.1 Å². The molecule has 2 rings (SSSR count). The Balaban J connectivity index is 2.33. The third kappa shape index (κ3) is 3.09. The van der Waals surface area contributed by atoms with Gasteiger partial charge in [0.1, 0.15) is 0 Å². The Morgan fingerprint density at radius 2 is 1.65 bits per heavy atom. The molecule has 0 aliphatic heterocycles. The quantitative estimate of drug-likeness (QED) is 0.539. The molecule has 0 unspecified atom stereocenters. The first-order chi connectivity index (χ1) is 8.07. The van der Waals surface area contributed by atoms with Crippen molar-refractivity contribution < 1.29 is 0 Å². The first kappa shape index (κ1) is 12.2. The van der Waals surface area contributed by atoms with Crippen LogP contribution in [0.4, 0.5) is 0 Å². The van der Waals surface area contributed by atoms with E-state index in [9.17, 15) is 0 Å². The first-order valence-corrected chi connectivity index (χ1v) is 10.2. The molecule has 1 aromatic heterocycles. The van der Waals surface area contributed by atoms with Crippen LogP contribution in [0, 0.1) is 11.8 Å². The van der Waals surface area contributed by atoms with Crippen molar-refractivity contribution in [2.45, 2.75) is 19.6 Å². The molecule has 0 N–H and O–H groups in total. The Morgan fingerprint density at radius 3 is 2.29 bits per heavy atom. The van der Waals surface area contributed by atoms with Crippen LogP contribution in [0.2, 0.25) is 19.6 Å². The lowest BCUT2D eigenvalue weighted by Gasteiger charge is -2.14. The van der Waals surface area contributed by atoms with Gasteiger partial charge < -0.3 is 0 Å². The lowest BCUT2D eigenvalue weighted by atomic mass is 10.2. The Kier molecular flexibility index (Phi) is 3.51. The molecule has 1 aromatic carbocycles. The fraction of sp³-hybridized carbons (Fsp3) is 0.200. The highest BCUT2D eigenvalue weighted by Crippen LogP contribution is 2.11. The molecule has 0 saturated carbocycles. The minimum atomic E-state index is -1.26. The van der Waals surface area contributed by atoms with Gasteiger partial charge in [-0.05, 0) is 22.7 Å². The summed E-state index contributed by atoms with van der Waals surface area (Å²) >= 11 is 1.76. The van der Waals surface area contributed by atoms with Gasteiger partial charge in [-0.25, -0.2) is 0 Å². The van der Waals surface area contributed by atoms with E-state index in [-0.39, 0.29) is 0 Å². The fourth-order valence-corrected chi connectivity index (χ4v) is 4.95. The van der Waals surface area contributed by atoms with E-state index in [0.29, 0.717) is 0 Å². The number of hydrogen-bond donors (Lipinski definition) is 0. The molecule has 1 heterocycles. The Labute approximate surface area is 108 Å². The van der Waals surface area contributed by atoms with Crippen LogP contribution in [-0.4, -0.2) is 8.07 Å². The summed E-state index contributed by atoms with van der Waals surface area (Å²) in [6.07, 6.45) is 0. The number of benzene rings is 1. The summed E-state index contributed by atoms with van der Waals surface area (Å²) in [5.74, 6) is 6.55. The molecule has 86 valence electrons. The Morgan fingerprint density at radius 1 is 0.941 bits per heavy atom. The van der Waals surface area contributed by atoms with E-state index < -0.39 is 8.07 Å². The molecule has 0 spiro atoms. The number of hydrogen-bond acceptors (Lipinski definition) is 1. The van der Waals surface area contributed by atoms with Crippen molar-refractivity contribution in [1.29, 1.82) is 0 Å². The van der Waals surface area contributed by atoms with Crippen LogP contribution >= 0.6 is 11.3 Å². The molecule has 0 aliphatic rings. The zero-order valence-electron chi connectivity index (χ0n) is 10.4. The molecule has 0 atom stereocenters. The van der Waals surface area contributed by atoms with Gasteiger partial charge in [0.05, 0.1) is 8.07 Å². The van der Waals surface area contributed by atoms with E-state index in [2.05, 4.69) is 42.2 Å². The van der Waals surface area contributed by atoms with Gasteiger partial charge in [0.15, 0.2) is 0 Å². The maximum absolute atomic E-state index is 3.31. The summed E-state index contributed by atoms with van der Waals surface area (Å²) in [5, 5.41) is 5.91. The smallest absolute Gasteiger partial charge is 0.0803 e. The van der Waals surface area contributed by atoms with Crippen LogP contribution in [0.5, 0.6) is 0 Å². The highest BCUT2D eigenvalue weighted by molar-refractivity contribution is 7.10. The van der Waals surface area contributed by atoms with Crippen LogP contribution in [0.25, 0.3) is 0 Å².